The second-order valence-electron chi connectivity index (χ2n) is 7.33. The molecule has 1 aliphatic carbocycles. The van der Waals surface area contributed by atoms with E-state index in [0.717, 1.165) is 41.3 Å². The summed E-state index contributed by atoms with van der Waals surface area (Å²) in [4.78, 5) is 0. The highest BCUT2D eigenvalue weighted by molar-refractivity contribution is 5.42. The minimum atomic E-state index is -4.34. The van der Waals surface area contributed by atoms with Crippen LogP contribution in [0, 0.1) is 13.8 Å². The average Bonchev–Trinajstić information content (AvgIpc) is 3.40. The molecule has 0 bridgehead atoms. The normalized spacial score (nSPS) is 19.2. The van der Waals surface area contributed by atoms with Crippen LogP contribution in [0.5, 0.6) is 0 Å². The first-order valence-corrected chi connectivity index (χ1v) is 9.51. The van der Waals surface area contributed by atoms with Crippen LogP contribution in [0.1, 0.15) is 40.6 Å². The zero-order valence-electron chi connectivity index (χ0n) is 16.2. The Morgan fingerprint density at radius 2 is 1.90 bits per heavy atom. The Labute approximate surface area is 167 Å². The number of furan rings is 1. The Bertz CT molecular complexity index is 1000. The number of benzene rings is 1. The van der Waals surface area contributed by atoms with Crippen LogP contribution in [0.3, 0.4) is 0 Å². The summed E-state index contributed by atoms with van der Waals surface area (Å²) in [6, 6.07) is 9.15. The van der Waals surface area contributed by atoms with Crippen LogP contribution in [0.4, 0.5) is 13.2 Å². The van der Waals surface area contributed by atoms with Gasteiger partial charge in [-0.05, 0) is 56.7 Å². The lowest BCUT2D eigenvalue weighted by Gasteiger charge is -2.14. The van der Waals surface area contributed by atoms with E-state index < -0.39 is 11.7 Å². The van der Waals surface area contributed by atoms with Crippen molar-refractivity contribution in [1.29, 1.82) is 0 Å². The van der Waals surface area contributed by atoms with Crippen LogP contribution >= 0.6 is 0 Å². The molecule has 152 valence electrons. The first-order valence-electron chi connectivity index (χ1n) is 9.51. The second-order valence-corrected chi connectivity index (χ2v) is 7.33. The fourth-order valence-corrected chi connectivity index (χ4v) is 3.94. The van der Waals surface area contributed by atoms with Crippen LogP contribution in [-0.2, 0) is 12.7 Å². The lowest BCUT2D eigenvalue weighted by Crippen LogP contribution is -2.25. The zero-order chi connectivity index (χ0) is 20.6. The molecule has 1 aliphatic rings. The molecule has 0 saturated heterocycles. The van der Waals surface area contributed by atoms with E-state index in [9.17, 15) is 13.2 Å². The highest BCUT2D eigenvalue weighted by Gasteiger charge is 2.30. The maximum absolute atomic E-state index is 12.8. The van der Waals surface area contributed by atoms with Gasteiger partial charge in [0.2, 0.25) is 0 Å². The van der Waals surface area contributed by atoms with E-state index >= 15 is 0 Å². The SMILES string of the molecule is Cc1nn(-c2ccc(C(F)(F)F)cc2)c(C)c1[C@H]1C=C[C@@H](NCc2ccco2)C1. The fraction of sp³-hybridized carbons (Fsp3) is 0.318. The summed E-state index contributed by atoms with van der Waals surface area (Å²) in [5.41, 5.74) is 2.93. The molecule has 0 spiro atoms. The van der Waals surface area contributed by atoms with E-state index in [4.69, 9.17) is 4.42 Å². The van der Waals surface area contributed by atoms with Crippen molar-refractivity contribution < 1.29 is 17.6 Å². The number of rotatable bonds is 5. The van der Waals surface area contributed by atoms with Gasteiger partial charge < -0.3 is 9.73 Å². The van der Waals surface area contributed by atoms with E-state index in [0.29, 0.717) is 12.2 Å². The van der Waals surface area contributed by atoms with E-state index in [1.165, 1.54) is 12.1 Å². The van der Waals surface area contributed by atoms with Crippen LogP contribution in [0.25, 0.3) is 5.69 Å². The van der Waals surface area contributed by atoms with Crippen molar-refractivity contribution in [3.63, 3.8) is 0 Å². The molecule has 0 radical (unpaired) electrons. The largest absolute Gasteiger partial charge is 0.468 e. The summed E-state index contributed by atoms with van der Waals surface area (Å²) in [6.07, 6.45) is 2.55. The summed E-state index contributed by atoms with van der Waals surface area (Å²) in [5, 5.41) is 8.06. The predicted molar refractivity (Wildman–Crippen MR) is 104 cm³/mol. The zero-order valence-corrected chi connectivity index (χ0v) is 16.2. The lowest BCUT2D eigenvalue weighted by molar-refractivity contribution is -0.137. The fourth-order valence-electron chi connectivity index (χ4n) is 3.94. The first-order chi connectivity index (χ1) is 13.8. The highest BCUT2D eigenvalue weighted by Crippen LogP contribution is 2.35. The van der Waals surface area contributed by atoms with E-state index in [1.54, 1.807) is 10.9 Å². The van der Waals surface area contributed by atoms with E-state index in [2.05, 4.69) is 22.6 Å². The van der Waals surface area contributed by atoms with Gasteiger partial charge in [0, 0.05) is 23.2 Å². The predicted octanol–water partition coefficient (Wildman–Crippen LogP) is 5.30. The van der Waals surface area contributed by atoms with Gasteiger partial charge in [0.05, 0.1) is 29.8 Å². The van der Waals surface area contributed by atoms with Crippen LogP contribution in [-0.4, -0.2) is 15.8 Å². The quantitative estimate of drug-likeness (QED) is 0.590. The average molecular weight is 401 g/mol. The molecule has 2 aromatic heterocycles. The van der Waals surface area contributed by atoms with Crippen LogP contribution in [0.15, 0.2) is 59.2 Å². The minimum absolute atomic E-state index is 0.215. The Balaban J connectivity index is 1.50. The number of aryl methyl sites for hydroxylation is 1. The molecule has 3 aromatic rings. The van der Waals surface area contributed by atoms with Crippen molar-refractivity contribution in [2.24, 2.45) is 0 Å². The topological polar surface area (TPSA) is 43.0 Å². The first kappa shape index (κ1) is 19.5. The molecule has 1 N–H and O–H groups in total. The lowest BCUT2D eigenvalue weighted by atomic mass is 9.96. The number of nitrogens with one attached hydrogen (secondary N) is 1. The molecule has 0 aliphatic heterocycles. The van der Waals surface area contributed by atoms with Gasteiger partial charge in [-0.2, -0.15) is 18.3 Å². The molecule has 4 rings (SSSR count). The van der Waals surface area contributed by atoms with Crippen LogP contribution in [0.2, 0.25) is 0 Å². The molecule has 2 heterocycles. The molecule has 7 heteroatoms. The van der Waals surface area contributed by atoms with E-state index in [1.807, 2.05) is 26.0 Å². The van der Waals surface area contributed by atoms with Crippen molar-refractivity contribution >= 4 is 0 Å². The van der Waals surface area contributed by atoms with Gasteiger partial charge in [-0.15, -0.1) is 0 Å². The summed E-state index contributed by atoms with van der Waals surface area (Å²) in [5.74, 6) is 1.11. The Hall–Kier alpha value is -2.80. The van der Waals surface area contributed by atoms with Gasteiger partial charge in [0.25, 0.3) is 0 Å². The Kier molecular flexibility index (Phi) is 5.08. The number of nitrogens with zero attached hydrogens (tertiary/aromatic N) is 2. The molecule has 0 saturated carbocycles. The van der Waals surface area contributed by atoms with Gasteiger partial charge in [0.1, 0.15) is 5.76 Å². The molecule has 0 fully saturated rings. The smallest absolute Gasteiger partial charge is 0.416 e. The third-order valence-electron chi connectivity index (χ3n) is 5.36. The summed E-state index contributed by atoms with van der Waals surface area (Å²) >= 11 is 0. The Morgan fingerprint density at radius 1 is 1.14 bits per heavy atom. The van der Waals surface area contributed by atoms with Crippen molar-refractivity contribution in [3.05, 3.63) is 83.1 Å². The molecule has 29 heavy (non-hydrogen) atoms. The summed E-state index contributed by atoms with van der Waals surface area (Å²) in [6.45, 7) is 4.57. The van der Waals surface area contributed by atoms with Crippen molar-refractivity contribution in [1.82, 2.24) is 15.1 Å². The number of halogens is 3. The molecule has 1 aromatic carbocycles. The van der Waals surface area contributed by atoms with Crippen LogP contribution < -0.4 is 5.32 Å². The van der Waals surface area contributed by atoms with Gasteiger partial charge >= 0.3 is 6.18 Å². The molecule has 0 amide bonds. The van der Waals surface area contributed by atoms with Crippen molar-refractivity contribution in [2.45, 2.75) is 44.9 Å². The molecule has 4 nitrogen and oxygen atoms in total. The maximum Gasteiger partial charge on any atom is 0.416 e. The highest BCUT2D eigenvalue weighted by atomic mass is 19.4. The van der Waals surface area contributed by atoms with Crippen molar-refractivity contribution in [2.75, 3.05) is 0 Å². The number of alkyl halides is 3. The molecule has 2 atom stereocenters. The third kappa shape index (κ3) is 4.00. The van der Waals surface area contributed by atoms with E-state index in [-0.39, 0.29) is 12.0 Å². The minimum Gasteiger partial charge on any atom is -0.468 e. The third-order valence-corrected chi connectivity index (χ3v) is 5.36. The van der Waals surface area contributed by atoms with Gasteiger partial charge in [-0.3, -0.25) is 0 Å². The standard InChI is InChI=1S/C22H22F3N3O/c1-14-21(16-5-8-18(12-16)26-13-20-4-3-11-29-20)15(2)28(27-14)19-9-6-17(7-10-19)22(23,24)25/h3-11,16,18,26H,12-13H2,1-2H3/t16-,18+/m0/s1. The van der Waals surface area contributed by atoms with Gasteiger partial charge in [0.15, 0.2) is 0 Å². The molecular formula is C22H22F3N3O. The second kappa shape index (κ2) is 7.55. The summed E-state index contributed by atoms with van der Waals surface area (Å²) in [7, 11) is 0. The Morgan fingerprint density at radius 3 is 2.55 bits per heavy atom. The maximum atomic E-state index is 12.8. The molecular weight excluding hydrogens is 379 g/mol. The van der Waals surface area contributed by atoms with Gasteiger partial charge in [-0.1, -0.05) is 12.2 Å². The monoisotopic (exact) mass is 401 g/mol. The number of hydrogen-bond acceptors (Lipinski definition) is 3. The van der Waals surface area contributed by atoms with Gasteiger partial charge in [-0.25, -0.2) is 4.68 Å². The summed E-state index contributed by atoms with van der Waals surface area (Å²) < 4.78 is 45.5. The molecule has 0 unspecified atom stereocenters. The number of hydrogen-bond donors (Lipinski definition) is 1. The number of aromatic nitrogens is 2. The number of allylic oxidation sites excluding steroid dienone is 1. The van der Waals surface area contributed by atoms with Crippen molar-refractivity contribution in [3.8, 4) is 5.69 Å².